The van der Waals surface area contributed by atoms with Crippen LogP contribution in [0.5, 0.6) is 0 Å². The van der Waals surface area contributed by atoms with Gasteiger partial charge in [0.1, 0.15) is 11.5 Å². The Hall–Kier alpha value is -3.31. The molecule has 3 aliphatic rings. The second-order valence-corrected chi connectivity index (χ2v) is 10.2. The first-order chi connectivity index (χ1) is 17.0. The number of amides is 3. The average molecular weight is 501 g/mol. The number of hydrogen-bond donors (Lipinski definition) is 2. The quantitative estimate of drug-likeness (QED) is 0.602. The summed E-state index contributed by atoms with van der Waals surface area (Å²) in [7, 11) is 0. The van der Waals surface area contributed by atoms with Crippen LogP contribution in [0.25, 0.3) is 0 Å². The van der Waals surface area contributed by atoms with Crippen LogP contribution in [-0.4, -0.2) is 84.4 Å². The minimum Gasteiger partial charge on any atom is -0.444 e. The number of morpholine rings is 1. The van der Waals surface area contributed by atoms with Gasteiger partial charge in [-0.1, -0.05) is 12.1 Å². The summed E-state index contributed by atoms with van der Waals surface area (Å²) in [6.45, 7) is 8.01. The molecule has 11 nitrogen and oxygen atoms in total. The third-order valence-corrected chi connectivity index (χ3v) is 6.45. The van der Waals surface area contributed by atoms with Gasteiger partial charge in [-0.2, -0.15) is 0 Å². The number of benzene rings is 1. The van der Waals surface area contributed by atoms with E-state index in [1.165, 1.54) is 17.0 Å². The molecule has 1 atom stereocenters. The highest BCUT2D eigenvalue weighted by Crippen LogP contribution is 2.35. The number of nitrogens with one attached hydrogen (secondary N) is 2. The zero-order valence-electron chi connectivity index (χ0n) is 20.8. The molecule has 194 valence electrons. The number of likely N-dealkylation sites (tertiary alicyclic amines) is 1. The molecule has 36 heavy (non-hydrogen) atoms. The van der Waals surface area contributed by atoms with Crippen molar-refractivity contribution in [3.8, 4) is 0 Å². The largest absolute Gasteiger partial charge is 0.444 e. The fourth-order valence-corrected chi connectivity index (χ4v) is 4.68. The molecule has 0 spiro atoms. The zero-order valence-corrected chi connectivity index (χ0v) is 20.8. The van der Waals surface area contributed by atoms with Crippen molar-refractivity contribution in [2.45, 2.75) is 39.2 Å². The fraction of sp³-hybridized carbons (Fsp3) is 0.560. The van der Waals surface area contributed by atoms with Crippen molar-refractivity contribution in [1.29, 1.82) is 0 Å². The number of Topliss-reactive ketones (excluding diaryl/α,β-unsaturated/α-hetero) is 3. The van der Waals surface area contributed by atoms with Crippen LogP contribution in [0.1, 0.15) is 54.3 Å². The lowest BCUT2D eigenvalue weighted by Gasteiger charge is -2.33. The van der Waals surface area contributed by atoms with Crippen molar-refractivity contribution in [3.05, 3.63) is 29.3 Å². The van der Waals surface area contributed by atoms with E-state index in [4.69, 9.17) is 9.47 Å². The molecular weight excluding hydrogens is 468 g/mol. The Balaban J connectivity index is 1.41. The van der Waals surface area contributed by atoms with Crippen molar-refractivity contribution >= 4 is 35.2 Å². The first-order valence-electron chi connectivity index (χ1n) is 12.2. The van der Waals surface area contributed by atoms with Crippen LogP contribution in [0.4, 0.5) is 15.3 Å². The van der Waals surface area contributed by atoms with Crippen LogP contribution in [-0.2, 0) is 14.3 Å². The number of nitrogens with zero attached hydrogens (tertiary/aromatic N) is 2. The molecule has 4 rings (SSSR count). The molecule has 0 saturated carbocycles. The summed E-state index contributed by atoms with van der Waals surface area (Å²) in [6, 6.07) is 4.06. The third kappa shape index (κ3) is 5.57. The van der Waals surface area contributed by atoms with E-state index in [0.29, 0.717) is 52.2 Å². The van der Waals surface area contributed by atoms with Gasteiger partial charge in [-0.3, -0.25) is 19.8 Å². The van der Waals surface area contributed by atoms with E-state index >= 15 is 0 Å². The molecule has 2 aliphatic heterocycles. The maximum atomic E-state index is 13.3. The van der Waals surface area contributed by atoms with Crippen LogP contribution < -0.4 is 10.7 Å². The molecule has 0 radical (unpaired) electrons. The van der Waals surface area contributed by atoms with Crippen molar-refractivity contribution in [3.63, 3.8) is 0 Å². The first kappa shape index (κ1) is 25.8. The Morgan fingerprint density at radius 2 is 1.67 bits per heavy atom. The van der Waals surface area contributed by atoms with Crippen molar-refractivity contribution in [1.82, 2.24) is 15.3 Å². The Kier molecular flexibility index (Phi) is 7.41. The minimum absolute atomic E-state index is 0.0594. The van der Waals surface area contributed by atoms with Crippen LogP contribution >= 0.6 is 0 Å². The van der Waals surface area contributed by atoms with Crippen LogP contribution in [0.2, 0.25) is 0 Å². The SMILES string of the molecule is CC(C)(C)OC(=O)N1CCC(C(=O)C2C(=O)c3cccc(NC(=O)NN4CCOCC4)c3C2=O)CC1. The fourth-order valence-electron chi connectivity index (χ4n) is 4.68. The first-order valence-corrected chi connectivity index (χ1v) is 12.2. The van der Waals surface area contributed by atoms with E-state index < -0.39 is 46.9 Å². The molecule has 1 aromatic rings. The maximum absolute atomic E-state index is 13.3. The average Bonchev–Trinajstić information content (AvgIpc) is 3.09. The van der Waals surface area contributed by atoms with E-state index in [1.54, 1.807) is 31.8 Å². The Morgan fingerprint density at radius 1 is 1.00 bits per heavy atom. The maximum Gasteiger partial charge on any atom is 0.410 e. The third-order valence-electron chi connectivity index (χ3n) is 6.45. The number of urea groups is 1. The number of piperidine rings is 1. The summed E-state index contributed by atoms with van der Waals surface area (Å²) in [4.78, 5) is 66.0. The van der Waals surface area contributed by atoms with E-state index in [2.05, 4.69) is 10.7 Å². The molecule has 2 fully saturated rings. The normalized spacial score (nSPS) is 21.2. The molecule has 3 amide bonds. The van der Waals surface area contributed by atoms with E-state index in [9.17, 15) is 24.0 Å². The second kappa shape index (κ2) is 10.4. The molecule has 2 N–H and O–H groups in total. The predicted octanol–water partition coefficient (Wildman–Crippen LogP) is 2.27. The smallest absolute Gasteiger partial charge is 0.410 e. The molecule has 1 unspecified atom stereocenters. The molecule has 1 aliphatic carbocycles. The summed E-state index contributed by atoms with van der Waals surface area (Å²) in [5.41, 5.74) is 2.45. The van der Waals surface area contributed by atoms with E-state index in [-0.39, 0.29) is 16.8 Å². The van der Waals surface area contributed by atoms with Gasteiger partial charge >= 0.3 is 12.1 Å². The lowest BCUT2D eigenvalue weighted by Crippen LogP contribution is -2.49. The number of ether oxygens (including phenoxy) is 2. The number of ketones is 3. The van der Waals surface area contributed by atoms with Gasteiger partial charge in [0, 0.05) is 37.7 Å². The van der Waals surface area contributed by atoms with Gasteiger partial charge in [0.05, 0.1) is 24.5 Å². The number of anilines is 1. The van der Waals surface area contributed by atoms with Crippen LogP contribution in [0.15, 0.2) is 18.2 Å². The molecule has 2 saturated heterocycles. The number of hydrazine groups is 1. The number of fused-ring (bicyclic) bond motifs is 1. The Bertz CT molecular complexity index is 1070. The van der Waals surface area contributed by atoms with Crippen molar-refractivity contribution in [2.24, 2.45) is 11.8 Å². The van der Waals surface area contributed by atoms with Gasteiger partial charge in [0.2, 0.25) is 0 Å². The summed E-state index contributed by atoms with van der Waals surface area (Å²) in [5.74, 6) is -3.53. The molecule has 11 heteroatoms. The predicted molar refractivity (Wildman–Crippen MR) is 129 cm³/mol. The van der Waals surface area contributed by atoms with Crippen molar-refractivity contribution in [2.75, 3.05) is 44.7 Å². The zero-order chi connectivity index (χ0) is 26.0. The van der Waals surface area contributed by atoms with Gasteiger partial charge in [-0.15, -0.1) is 0 Å². The van der Waals surface area contributed by atoms with E-state index in [1.807, 2.05) is 0 Å². The van der Waals surface area contributed by atoms with Gasteiger partial charge in [0.15, 0.2) is 17.3 Å². The van der Waals surface area contributed by atoms with Gasteiger partial charge in [0.25, 0.3) is 0 Å². The highest BCUT2D eigenvalue weighted by Gasteiger charge is 2.47. The van der Waals surface area contributed by atoms with Gasteiger partial charge in [-0.05, 0) is 39.7 Å². The van der Waals surface area contributed by atoms with Crippen LogP contribution in [0, 0.1) is 11.8 Å². The standard InChI is InChI=1S/C25H32N4O7/c1-25(2,3)36-24(34)28-9-7-15(8-10-28)20(30)19-21(31)16-5-4-6-17(18(16)22(19)32)26-23(33)27-29-11-13-35-14-12-29/h4-6,15,19H,7-14H2,1-3H3,(H2,26,27,33). The Morgan fingerprint density at radius 3 is 2.31 bits per heavy atom. The minimum atomic E-state index is -1.43. The molecule has 0 bridgehead atoms. The topological polar surface area (TPSA) is 134 Å². The molecule has 0 aromatic heterocycles. The molecule has 1 aromatic carbocycles. The molecule has 2 heterocycles. The highest BCUT2D eigenvalue weighted by molar-refractivity contribution is 6.37. The Labute approximate surface area is 209 Å². The van der Waals surface area contributed by atoms with Crippen LogP contribution in [0.3, 0.4) is 0 Å². The lowest BCUT2D eigenvalue weighted by molar-refractivity contribution is -0.125. The summed E-state index contributed by atoms with van der Waals surface area (Å²) < 4.78 is 10.6. The number of carbonyl (C=O) groups is 5. The van der Waals surface area contributed by atoms with Crippen molar-refractivity contribution < 1.29 is 33.4 Å². The summed E-state index contributed by atoms with van der Waals surface area (Å²) in [5, 5.41) is 4.34. The number of hydrogen-bond acceptors (Lipinski definition) is 8. The van der Waals surface area contributed by atoms with Gasteiger partial charge in [-0.25, -0.2) is 14.6 Å². The summed E-state index contributed by atoms with van der Waals surface area (Å²) >= 11 is 0. The second-order valence-electron chi connectivity index (χ2n) is 10.2. The molecular formula is C25H32N4O7. The number of carbonyl (C=O) groups excluding carboxylic acids is 5. The number of rotatable bonds is 4. The monoisotopic (exact) mass is 500 g/mol. The van der Waals surface area contributed by atoms with E-state index in [0.717, 1.165) is 0 Å². The summed E-state index contributed by atoms with van der Waals surface area (Å²) in [6.07, 6.45) is 0.247. The van der Waals surface area contributed by atoms with Gasteiger partial charge < -0.3 is 19.7 Å². The highest BCUT2D eigenvalue weighted by atomic mass is 16.6. The lowest BCUT2D eigenvalue weighted by atomic mass is 9.83.